The zero-order valence-corrected chi connectivity index (χ0v) is 12.7. The summed E-state index contributed by atoms with van der Waals surface area (Å²) in [5.74, 6) is -0.521. The van der Waals surface area contributed by atoms with Gasteiger partial charge in [0.1, 0.15) is 6.10 Å². The van der Waals surface area contributed by atoms with Crippen molar-refractivity contribution in [2.24, 2.45) is 0 Å². The first-order valence-corrected chi connectivity index (χ1v) is 7.77. The van der Waals surface area contributed by atoms with Gasteiger partial charge < -0.3 is 10.1 Å². The lowest BCUT2D eigenvalue weighted by Crippen LogP contribution is -2.28. The van der Waals surface area contributed by atoms with Crippen LogP contribution in [0.25, 0.3) is 0 Å². The maximum Gasteiger partial charge on any atom is 0.307 e. The van der Waals surface area contributed by atoms with Gasteiger partial charge in [-0.25, -0.2) is 0 Å². The van der Waals surface area contributed by atoms with Crippen LogP contribution in [0.3, 0.4) is 0 Å². The van der Waals surface area contributed by atoms with Crippen molar-refractivity contribution in [2.45, 2.75) is 44.6 Å². The summed E-state index contributed by atoms with van der Waals surface area (Å²) in [6.45, 7) is 0.260. The van der Waals surface area contributed by atoms with Crippen LogP contribution in [-0.4, -0.2) is 24.5 Å². The fourth-order valence-electron chi connectivity index (χ4n) is 2.45. The molecular weight excluding hydrogens is 290 g/mol. The van der Waals surface area contributed by atoms with Gasteiger partial charge in [-0.05, 0) is 37.8 Å². The predicted molar refractivity (Wildman–Crippen MR) is 81.4 cm³/mol. The van der Waals surface area contributed by atoms with Crippen molar-refractivity contribution in [3.8, 4) is 0 Å². The average Bonchev–Trinajstić information content (AvgIpc) is 2.48. The highest BCUT2D eigenvalue weighted by atomic mass is 35.5. The van der Waals surface area contributed by atoms with Crippen LogP contribution in [0, 0.1) is 0 Å². The molecule has 0 spiro atoms. The number of rotatable bonds is 5. The first-order valence-electron chi connectivity index (χ1n) is 7.39. The molecule has 1 aliphatic rings. The molecule has 4 nitrogen and oxygen atoms in total. The number of benzene rings is 1. The van der Waals surface area contributed by atoms with Crippen LogP contribution in [0.5, 0.6) is 0 Å². The van der Waals surface area contributed by atoms with Gasteiger partial charge in [0.15, 0.2) is 0 Å². The lowest BCUT2D eigenvalue weighted by Gasteiger charge is -2.21. The Labute approximate surface area is 129 Å². The van der Waals surface area contributed by atoms with Gasteiger partial charge in [-0.2, -0.15) is 0 Å². The Hall–Kier alpha value is -1.55. The quantitative estimate of drug-likeness (QED) is 0.849. The Balaban J connectivity index is 1.70. The van der Waals surface area contributed by atoms with E-state index in [1.165, 1.54) is 6.42 Å². The highest BCUT2D eigenvalue weighted by Crippen LogP contribution is 2.20. The third-order valence-electron chi connectivity index (χ3n) is 3.58. The minimum atomic E-state index is -0.272. The summed E-state index contributed by atoms with van der Waals surface area (Å²) in [5.41, 5.74) is 0.416. The Bertz CT molecular complexity index is 498. The smallest absolute Gasteiger partial charge is 0.307 e. The molecule has 1 saturated carbocycles. The second-order valence-corrected chi connectivity index (χ2v) is 5.64. The van der Waals surface area contributed by atoms with E-state index in [-0.39, 0.29) is 30.9 Å². The molecule has 1 aromatic carbocycles. The lowest BCUT2D eigenvalue weighted by molar-refractivity contribution is -0.150. The first-order chi connectivity index (χ1) is 10.2. The number of carbonyl (C=O) groups excluding carboxylic acids is 2. The van der Waals surface area contributed by atoms with E-state index >= 15 is 0 Å². The third-order valence-corrected chi connectivity index (χ3v) is 3.91. The van der Waals surface area contributed by atoms with Gasteiger partial charge in [0.25, 0.3) is 5.91 Å². The Kier molecular flexibility index (Phi) is 6.05. The molecule has 1 aromatic rings. The van der Waals surface area contributed by atoms with Crippen molar-refractivity contribution in [1.82, 2.24) is 5.32 Å². The maximum absolute atomic E-state index is 11.9. The molecule has 114 valence electrons. The number of hydrogen-bond acceptors (Lipinski definition) is 3. The van der Waals surface area contributed by atoms with E-state index in [1.807, 2.05) is 0 Å². The van der Waals surface area contributed by atoms with Crippen LogP contribution >= 0.6 is 11.6 Å². The van der Waals surface area contributed by atoms with Crippen molar-refractivity contribution >= 4 is 23.5 Å². The summed E-state index contributed by atoms with van der Waals surface area (Å²) in [5, 5.41) is 3.09. The molecule has 5 heteroatoms. The van der Waals surface area contributed by atoms with Crippen molar-refractivity contribution < 1.29 is 14.3 Å². The SMILES string of the molecule is O=C(CCNC(=O)c1ccccc1Cl)OC1CCCCC1. The average molecular weight is 310 g/mol. The number of ether oxygens (including phenoxy) is 1. The van der Waals surface area contributed by atoms with Gasteiger partial charge in [0.05, 0.1) is 17.0 Å². The van der Waals surface area contributed by atoms with E-state index < -0.39 is 0 Å². The van der Waals surface area contributed by atoms with Crippen molar-refractivity contribution in [3.05, 3.63) is 34.9 Å². The standard InChI is InChI=1S/C16H20ClNO3/c17-14-9-5-4-8-13(14)16(20)18-11-10-15(19)21-12-6-2-1-3-7-12/h4-5,8-9,12H,1-3,6-7,10-11H2,(H,18,20). The van der Waals surface area contributed by atoms with E-state index in [0.717, 1.165) is 25.7 Å². The molecular formula is C16H20ClNO3. The summed E-state index contributed by atoms with van der Waals surface area (Å²) in [6, 6.07) is 6.82. The molecule has 0 atom stereocenters. The molecule has 0 radical (unpaired) electrons. The normalized spacial score (nSPS) is 15.5. The van der Waals surface area contributed by atoms with Gasteiger partial charge in [-0.3, -0.25) is 9.59 Å². The summed E-state index contributed by atoms with van der Waals surface area (Å²) in [6.07, 6.45) is 5.64. The van der Waals surface area contributed by atoms with E-state index in [1.54, 1.807) is 24.3 Å². The summed E-state index contributed by atoms with van der Waals surface area (Å²) >= 11 is 5.94. The monoisotopic (exact) mass is 309 g/mol. The second kappa shape index (κ2) is 8.03. The van der Waals surface area contributed by atoms with Gasteiger partial charge in [0, 0.05) is 6.54 Å². The molecule has 1 fully saturated rings. The predicted octanol–water partition coefficient (Wildman–Crippen LogP) is 3.34. The van der Waals surface area contributed by atoms with Crippen LogP contribution in [0.4, 0.5) is 0 Å². The van der Waals surface area contributed by atoms with E-state index in [4.69, 9.17) is 16.3 Å². The molecule has 1 amide bonds. The zero-order valence-electron chi connectivity index (χ0n) is 11.9. The molecule has 0 aliphatic heterocycles. The van der Waals surface area contributed by atoms with Gasteiger partial charge >= 0.3 is 5.97 Å². The van der Waals surface area contributed by atoms with Crippen molar-refractivity contribution in [2.75, 3.05) is 6.54 Å². The Morgan fingerprint density at radius 2 is 1.90 bits per heavy atom. The maximum atomic E-state index is 11.9. The van der Waals surface area contributed by atoms with Crippen LogP contribution in [0.2, 0.25) is 5.02 Å². The van der Waals surface area contributed by atoms with E-state index in [9.17, 15) is 9.59 Å². The number of esters is 1. The van der Waals surface area contributed by atoms with Crippen molar-refractivity contribution in [1.29, 1.82) is 0 Å². The number of halogens is 1. The highest BCUT2D eigenvalue weighted by Gasteiger charge is 2.17. The number of nitrogens with one attached hydrogen (secondary N) is 1. The molecule has 21 heavy (non-hydrogen) atoms. The lowest BCUT2D eigenvalue weighted by atomic mass is 9.98. The molecule has 0 heterocycles. The summed E-state index contributed by atoms with van der Waals surface area (Å²) in [7, 11) is 0. The van der Waals surface area contributed by atoms with Crippen LogP contribution in [0.1, 0.15) is 48.9 Å². The summed E-state index contributed by atoms with van der Waals surface area (Å²) in [4.78, 5) is 23.6. The van der Waals surface area contributed by atoms with Gasteiger partial charge in [0.2, 0.25) is 0 Å². The minimum absolute atomic E-state index is 0.0607. The molecule has 1 N–H and O–H groups in total. The molecule has 0 unspecified atom stereocenters. The van der Waals surface area contributed by atoms with Crippen LogP contribution in [-0.2, 0) is 9.53 Å². The number of carbonyl (C=O) groups is 2. The zero-order chi connectivity index (χ0) is 15.1. The molecule has 1 aliphatic carbocycles. The van der Waals surface area contributed by atoms with Crippen LogP contribution in [0.15, 0.2) is 24.3 Å². The molecule has 0 saturated heterocycles. The minimum Gasteiger partial charge on any atom is -0.462 e. The summed E-state index contributed by atoms with van der Waals surface area (Å²) < 4.78 is 5.39. The topological polar surface area (TPSA) is 55.4 Å². The molecule has 0 aromatic heterocycles. The largest absolute Gasteiger partial charge is 0.462 e. The number of amides is 1. The number of hydrogen-bond donors (Lipinski definition) is 1. The fraction of sp³-hybridized carbons (Fsp3) is 0.500. The first kappa shape index (κ1) is 15.8. The fourth-order valence-corrected chi connectivity index (χ4v) is 2.67. The van der Waals surface area contributed by atoms with Gasteiger partial charge in [-0.1, -0.05) is 30.2 Å². The molecule has 0 bridgehead atoms. The third kappa shape index (κ3) is 5.05. The second-order valence-electron chi connectivity index (χ2n) is 5.24. The molecule has 2 rings (SSSR count). The Morgan fingerprint density at radius 3 is 2.62 bits per heavy atom. The highest BCUT2D eigenvalue weighted by molar-refractivity contribution is 6.33. The van der Waals surface area contributed by atoms with Gasteiger partial charge in [-0.15, -0.1) is 0 Å². The Morgan fingerprint density at radius 1 is 1.19 bits per heavy atom. The van der Waals surface area contributed by atoms with E-state index in [2.05, 4.69) is 5.32 Å². The van der Waals surface area contributed by atoms with Crippen LogP contribution < -0.4 is 5.32 Å². The van der Waals surface area contributed by atoms with E-state index in [0.29, 0.717) is 10.6 Å². The van der Waals surface area contributed by atoms with Crippen molar-refractivity contribution in [3.63, 3.8) is 0 Å².